The molecule has 13 heavy (non-hydrogen) atoms. The fourth-order valence-corrected chi connectivity index (χ4v) is 1.04. The average Bonchev–Trinajstić information content (AvgIpc) is 2.03. The van der Waals surface area contributed by atoms with Crippen LogP contribution >= 0.6 is 0 Å². The molecule has 0 radical (unpaired) electrons. The topological polar surface area (TPSA) is 76.6 Å². The molecule has 0 aliphatic rings. The molecule has 0 aromatic carbocycles. The van der Waals surface area contributed by atoms with Crippen molar-refractivity contribution >= 4 is 5.97 Å². The highest BCUT2D eigenvalue weighted by atomic mass is 19.1. The van der Waals surface area contributed by atoms with Crippen LogP contribution in [0.5, 0.6) is 0 Å². The van der Waals surface area contributed by atoms with E-state index >= 15 is 0 Å². The molecule has 0 aliphatic heterocycles. The van der Waals surface area contributed by atoms with Crippen LogP contribution in [0.3, 0.4) is 0 Å². The molecule has 3 nitrogen and oxygen atoms in total. The van der Waals surface area contributed by atoms with Crippen molar-refractivity contribution in [1.82, 2.24) is 6.15 Å². The molecule has 80 valence electrons. The number of rotatable bonds is 7. The first-order valence-electron chi connectivity index (χ1n) is 4.53. The maximum atomic E-state index is 12.4. The molecular weight excluding hydrogens is 173 g/mol. The molecule has 0 aromatic heterocycles. The Morgan fingerprint density at radius 1 is 1.31 bits per heavy atom. The van der Waals surface area contributed by atoms with Crippen molar-refractivity contribution in [3.63, 3.8) is 0 Å². The first-order chi connectivity index (χ1) is 5.68. The van der Waals surface area contributed by atoms with Gasteiger partial charge >= 0.3 is 0 Å². The average molecular weight is 193 g/mol. The molecule has 1 atom stereocenters. The summed E-state index contributed by atoms with van der Waals surface area (Å²) in [5.41, 5.74) is 0. The normalized spacial score (nSPS) is 11.8. The van der Waals surface area contributed by atoms with E-state index in [1.54, 1.807) is 0 Å². The highest BCUT2D eigenvalue weighted by Gasteiger charge is 2.05. The monoisotopic (exact) mass is 193 g/mol. The standard InChI is InChI=1S/C9H17FO2.H3N/c1-2-3-4-5-6-7-8(10)9(11)12;/h8H,2-7H2,1H3,(H,11,12);1H3. The molecule has 0 bridgehead atoms. The molecule has 0 amide bonds. The van der Waals surface area contributed by atoms with Gasteiger partial charge in [0.05, 0.1) is 5.97 Å². The van der Waals surface area contributed by atoms with Crippen molar-refractivity contribution in [2.45, 2.75) is 51.6 Å². The van der Waals surface area contributed by atoms with E-state index in [1.165, 1.54) is 0 Å². The van der Waals surface area contributed by atoms with E-state index < -0.39 is 12.1 Å². The highest BCUT2D eigenvalue weighted by Crippen LogP contribution is 2.08. The number of halogens is 1. The van der Waals surface area contributed by atoms with Crippen LogP contribution in [0.2, 0.25) is 0 Å². The summed E-state index contributed by atoms with van der Waals surface area (Å²) in [6.07, 6.45) is 3.24. The zero-order chi connectivity index (χ0) is 9.40. The van der Waals surface area contributed by atoms with Gasteiger partial charge in [0.25, 0.3) is 0 Å². The summed E-state index contributed by atoms with van der Waals surface area (Å²) in [7, 11) is 0. The third kappa shape index (κ3) is 9.27. The van der Waals surface area contributed by atoms with Crippen LogP contribution in [0, 0.1) is 0 Å². The number of aliphatic carboxylic acids is 1. The minimum Gasteiger partial charge on any atom is -0.547 e. The number of carboxylic acid groups (broad SMARTS) is 1. The second-order valence-corrected chi connectivity index (χ2v) is 2.99. The quantitative estimate of drug-likeness (QED) is 0.626. The maximum Gasteiger partial charge on any atom is 0.139 e. The van der Waals surface area contributed by atoms with Gasteiger partial charge in [-0.05, 0) is 6.42 Å². The van der Waals surface area contributed by atoms with Gasteiger partial charge in [0, 0.05) is 0 Å². The summed E-state index contributed by atoms with van der Waals surface area (Å²) < 4.78 is 12.4. The first kappa shape index (κ1) is 14.9. The smallest absolute Gasteiger partial charge is 0.139 e. The molecule has 0 rings (SSSR count). The van der Waals surface area contributed by atoms with Crippen molar-refractivity contribution < 1.29 is 14.3 Å². The van der Waals surface area contributed by atoms with Gasteiger partial charge in [-0.3, -0.25) is 0 Å². The first-order valence-corrected chi connectivity index (χ1v) is 4.53. The number of hydrogen-bond acceptors (Lipinski definition) is 2. The summed E-state index contributed by atoms with van der Waals surface area (Å²) in [5.74, 6) is -1.58. The zero-order valence-electron chi connectivity index (χ0n) is 8.51. The van der Waals surface area contributed by atoms with Crippen LogP contribution in [0.15, 0.2) is 0 Å². The van der Waals surface area contributed by atoms with Crippen molar-refractivity contribution in [3.8, 4) is 0 Å². The van der Waals surface area contributed by atoms with Gasteiger partial charge in [0.15, 0.2) is 0 Å². The largest absolute Gasteiger partial charge is 0.547 e. The van der Waals surface area contributed by atoms with Crippen LogP contribution in [0.25, 0.3) is 0 Å². The van der Waals surface area contributed by atoms with E-state index in [0.29, 0.717) is 6.42 Å². The zero-order valence-corrected chi connectivity index (χ0v) is 8.51. The second-order valence-electron chi connectivity index (χ2n) is 2.99. The van der Waals surface area contributed by atoms with Crippen LogP contribution in [0.1, 0.15) is 45.4 Å². The fraction of sp³-hybridized carbons (Fsp3) is 0.889. The Morgan fingerprint density at radius 2 is 1.85 bits per heavy atom. The van der Waals surface area contributed by atoms with Gasteiger partial charge in [0.2, 0.25) is 0 Å². The predicted molar refractivity (Wildman–Crippen MR) is 49.3 cm³/mol. The van der Waals surface area contributed by atoms with E-state index in [0.717, 1.165) is 25.7 Å². The van der Waals surface area contributed by atoms with E-state index in [4.69, 9.17) is 0 Å². The Bertz CT molecular complexity index is 131. The van der Waals surface area contributed by atoms with Crippen molar-refractivity contribution in [3.05, 3.63) is 0 Å². The van der Waals surface area contributed by atoms with E-state index in [-0.39, 0.29) is 12.6 Å². The lowest BCUT2D eigenvalue weighted by atomic mass is 10.1. The molecular formula is C9H20FNO2. The molecule has 4 heteroatoms. The minimum absolute atomic E-state index is 0. The van der Waals surface area contributed by atoms with Crippen LogP contribution < -0.4 is 11.3 Å². The van der Waals surface area contributed by atoms with Gasteiger partial charge in [-0.1, -0.05) is 39.0 Å². The van der Waals surface area contributed by atoms with Crippen molar-refractivity contribution in [1.29, 1.82) is 0 Å². The lowest BCUT2D eigenvalue weighted by molar-refractivity contribution is -0.312. The number of hydrogen-bond donors (Lipinski definition) is 1. The van der Waals surface area contributed by atoms with Gasteiger partial charge in [-0.2, -0.15) is 0 Å². The highest BCUT2D eigenvalue weighted by molar-refractivity contribution is 5.69. The molecule has 0 fully saturated rings. The maximum absolute atomic E-state index is 12.4. The summed E-state index contributed by atoms with van der Waals surface area (Å²) in [6, 6.07) is 0. The Balaban J connectivity index is 0. The Hall–Kier alpha value is -0.640. The number of carbonyl (C=O) groups is 1. The van der Waals surface area contributed by atoms with Gasteiger partial charge < -0.3 is 16.1 Å². The van der Waals surface area contributed by atoms with Gasteiger partial charge in [-0.15, -0.1) is 0 Å². The van der Waals surface area contributed by atoms with Crippen LogP contribution in [-0.4, -0.2) is 12.1 Å². The van der Waals surface area contributed by atoms with Crippen LogP contribution in [-0.2, 0) is 4.79 Å². The number of quaternary nitrogens is 1. The molecule has 0 saturated heterocycles. The molecule has 0 heterocycles. The molecule has 0 aromatic rings. The molecule has 0 spiro atoms. The Kier molecular flexibility index (Phi) is 10.8. The minimum atomic E-state index is -1.77. The summed E-state index contributed by atoms with van der Waals surface area (Å²) >= 11 is 0. The Labute approximate surface area is 78.9 Å². The molecule has 0 aliphatic carbocycles. The SMILES string of the molecule is CCCCCCCC(F)C(=O)[O-].[NH4+]. The molecule has 4 N–H and O–H groups in total. The van der Waals surface area contributed by atoms with Crippen molar-refractivity contribution in [2.24, 2.45) is 0 Å². The van der Waals surface area contributed by atoms with E-state index in [2.05, 4.69) is 6.92 Å². The fourth-order valence-electron chi connectivity index (χ4n) is 1.04. The second kappa shape index (κ2) is 9.45. The van der Waals surface area contributed by atoms with Gasteiger partial charge in [-0.25, -0.2) is 4.39 Å². The van der Waals surface area contributed by atoms with Crippen LogP contribution in [0.4, 0.5) is 4.39 Å². The molecule has 0 saturated carbocycles. The summed E-state index contributed by atoms with van der Waals surface area (Å²) in [5, 5.41) is 9.93. The number of carbonyl (C=O) groups excluding carboxylic acids is 1. The number of unbranched alkanes of at least 4 members (excludes halogenated alkanes) is 4. The van der Waals surface area contributed by atoms with E-state index in [9.17, 15) is 14.3 Å². The number of alkyl halides is 1. The van der Waals surface area contributed by atoms with E-state index in [1.807, 2.05) is 0 Å². The molecule has 1 unspecified atom stereocenters. The predicted octanol–water partition coefficient (Wildman–Crippen LogP) is 1.81. The lowest BCUT2D eigenvalue weighted by Gasteiger charge is -2.07. The lowest BCUT2D eigenvalue weighted by Crippen LogP contribution is -2.32. The third-order valence-corrected chi connectivity index (χ3v) is 1.82. The summed E-state index contributed by atoms with van der Waals surface area (Å²) in [4.78, 5) is 9.93. The third-order valence-electron chi connectivity index (χ3n) is 1.82. The number of carboxylic acids is 1. The summed E-state index contributed by atoms with van der Waals surface area (Å²) in [6.45, 7) is 2.10. The van der Waals surface area contributed by atoms with Crippen molar-refractivity contribution in [2.75, 3.05) is 0 Å². The Morgan fingerprint density at radius 3 is 2.31 bits per heavy atom. The van der Waals surface area contributed by atoms with Gasteiger partial charge in [0.1, 0.15) is 6.17 Å².